The second kappa shape index (κ2) is 8.41. The molecule has 1 aromatic heterocycles. The van der Waals surface area contributed by atoms with Gasteiger partial charge in [-0.1, -0.05) is 29.5 Å². The van der Waals surface area contributed by atoms with E-state index in [1.165, 1.54) is 25.4 Å². The van der Waals surface area contributed by atoms with Gasteiger partial charge < -0.3 is 9.64 Å². The van der Waals surface area contributed by atoms with Crippen molar-refractivity contribution in [1.29, 1.82) is 0 Å². The summed E-state index contributed by atoms with van der Waals surface area (Å²) in [4.78, 5) is 17.6. The second-order valence-electron chi connectivity index (χ2n) is 6.21. The highest BCUT2D eigenvalue weighted by atomic mass is 35.5. The third-order valence-electron chi connectivity index (χ3n) is 4.27. The Labute approximate surface area is 166 Å². The Bertz CT molecular complexity index is 980. The molecule has 3 rings (SSSR count). The van der Waals surface area contributed by atoms with Gasteiger partial charge in [-0.15, -0.1) is 0 Å². The molecule has 28 heavy (non-hydrogen) atoms. The first-order chi connectivity index (χ1) is 13.4. The van der Waals surface area contributed by atoms with Crippen LogP contribution in [0.15, 0.2) is 54.2 Å². The topological polar surface area (TPSA) is 42.4 Å². The predicted molar refractivity (Wildman–Crippen MR) is 103 cm³/mol. The first kappa shape index (κ1) is 19.8. The molecule has 144 valence electrons. The molecule has 0 aliphatic carbocycles. The van der Waals surface area contributed by atoms with E-state index in [1.807, 2.05) is 0 Å². The minimum absolute atomic E-state index is 0.0347. The van der Waals surface area contributed by atoms with Crippen LogP contribution in [0.5, 0.6) is 5.75 Å². The fourth-order valence-corrected chi connectivity index (χ4v) is 2.99. The lowest BCUT2D eigenvalue weighted by molar-refractivity contribution is -0.0142. The zero-order valence-corrected chi connectivity index (χ0v) is 15.8. The number of hydrogen-bond donors (Lipinski definition) is 0. The van der Waals surface area contributed by atoms with Gasteiger partial charge in [-0.2, -0.15) is 8.78 Å². The molecule has 0 N–H and O–H groups in total. The van der Waals surface area contributed by atoms with Crippen molar-refractivity contribution in [2.45, 2.75) is 12.3 Å². The number of methoxy groups -OCH3 is 1. The van der Waals surface area contributed by atoms with E-state index >= 15 is 0 Å². The van der Waals surface area contributed by atoms with Gasteiger partial charge in [0, 0.05) is 35.0 Å². The van der Waals surface area contributed by atoms with Gasteiger partial charge in [0.2, 0.25) is 0 Å². The Morgan fingerprint density at radius 2 is 2.18 bits per heavy atom. The van der Waals surface area contributed by atoms with E-state index in [-0.39, 0.29) is 24.2 Å². The van der Waals surface area contributed by atoms with Crippen LogP contribution in [0.1, 0.15) is 22.5 Å². The van der Waals surface area contributed by atoms with Crippen molar-refractivity contribution < 1.29 is 18.3 Å². The van der Waals surface area contributed by atoms with Crippen LogP contribution in [-0.4, -0.2) is 41.9 Å². The van der Waals surface area contributed by atoms with Gasteiger partial charge in [0.15, 0.2) is 0 Å². The SMILES string of the molecule is COc1ccnc(C(=O)N2CC/C(=C\C#Cc3cccc(Cl)c3)C(F)(F)C2)c1. The van der Waals surface area contributed by atoms with Gasteiger partial charge in [0.1, 0.15) is 11.4 Å². The van der Waals surface area contributed by atoms with Crippen molar-refractivity contribution in [3.05, 3.63) is 70.5 Å². The van der Waals surface area contributed by atoms with Crippen molar-refractivity contribution in [3.8, 4) is 17.6 Å². The molecule has 2 heterocycles. The summed E-state index contributed by atoms with van der Waals surface area (Å²) in [7, 11) is 1.46. The smallest absolute Gasteiger partial charge is 0.287 e. The van der Waals surface area contributed by atoms with Crippen LogP contribution in [-0.2, 0) is 0 Å². The molecule has 2 aromatic rings. The molecule has 0 unspecified atom stereocenters. The van der Waals surface area contributed by atoms with Gasteiger partial charge in [0.25, 0.3) is 11.8 Å². The normalized spacial score (nSPS) is 17.0. The minimum atomic E-state index is -3.16. The lowest BCUT2D eigenvalue weighted by atomic mass is 9.99. The van der Waals surface area contributed by atoms with E-state index in [0.717, 1.165) is 4.90 Å². The Morgan fingerprint density at radius 3 is 2.89 bits per heavy atom. The zero-order valence-electron chi connectivity index (χ0n) is 15.1. The standard InChI is InChI=1S/C21H17ClF2N2O2/c1-28-18-8-10-25-19(13-18)20(27)26-11-9-16(21(23,24)14-26)6-2-4-15-5-3-7-17(22)12-15/h3,5-8,10,12-13H,9,11,14H2,1H3/b16-6+. The van der Waals surface area contributed by atoms with Crippen molar-refractivity contribution in [1.82, 2.24) is 9.88 Å². The fraction of sp³-hybridized carbons (Fsp3) is 0.238. The molecule has 0 bridgehead atoms. The molecule has 1 fully saturated rings. The highest BCUT2D eigenvalue weighted by molar-refractivity contribution is 6.30. The summed E-state index contributed by atoms with van der Waals surface area (Å²) in [6.45, 7) is -0.548. The fourth-order valence-electron chi connectivity index (χ4n) is 2.80. The maximum Gasteiger partial charge on any atom is 0.287 e. The van der Waals surface area contributed by atoms with Crippen LogP contribution in [0.3, 0.4) is 0 Å². The van der Waals surface area contributed by atoms with Gasteiger partial charge in [-0.25, -0.2) is 0 Å². The largest absolute Gasteiger partial charge is 0.497 e. The number of halogens is 3. The Morgan fingerprint density at radius 1 is 1.36 bits per heavy atom. The van der Waals surface area contributed by atoms with E-state index in [1.54, 1.807) is 30.3 Å². The number of benzene rings is 1. The van der Waals surface area contributed by atoms with Crippen molar-refractivity contribution in [3.63, 3.8) is 0 Å². The Kier molecular flexibility index (Phi) is 5.96. The molecule has 1 aliphatic heterocycles. The van der Waals surface area contributed by atoms with E-state index < -0.39 is 18.4 Å². The van der Waals surface area contributed by atoms with Gasteiger partial charge in [-0.3, -0.25) is 9.78 Å². The molecule has 1 amide bonds. The number of amides is 1. The van der Waals surface area contributed by atoms with Crippen molar-refractivity contribution in [2.75, 3.05) is 20.2 Å². The quantitative estimate of drug-likeness (QED) is 0.707. The lowest BCUT2D eigenvalue weighted by Gasteiger charge is -2.34. The molecule has 0 radical (unpaired) electrons. The zero-order chi connectivity index (χ0) is 20.1. The third-order valence-corrected chi connectivity index (χ3v) is 4.51. The van der Waals surface area contributed by atoms with E-state index in [4.69, 9.17) is 16.3 Å². The average molecular weight is 403 g/mol. The maximum absolute atomic E-state index is 14.5. The first-order valence-electron chi connectivity index (χ1n) is 8.53. The van der Waals surface area contributed by atoms with Crippen LogP contribution in [0.25, 0.3) is 0 Å². The summed E-state index contributed by atoms with van der Waals surface area (Å²) >= 11 is 5.88. The minimum Gasteiger partial charge on any atom is -0.497 e. The van der Waals surface area contributed by atoms with E-state index in [9.17, 15) is 13.6 Å². The van der Waals surface area contributed by atoms with Gasteiger partial charge in [0.05, 0.1) is 13.7 Å². The van der Waals surface area contributed by atoms with E-state index in [2.05, 4.69) is 16.8 Å². The first-order valence-corrected chi connectivity index (χ1v) is 8.90. The monoisotopic (exact) mass is 402 g/mol. The molecular weight excluding hydrogens is 386 g/mol. The summed E-state index contributed by atoms with van der Waals surface area (Å²) in [6.07, 6.45) is 2.67. The summed E-state index contributed by atoms with van der Waals surface area (Å²) in [5, 5.41) is 0.530. The van der Waals surface area contributed by atoms with Crippen LogP contribution in [0.4, 0.5) is 8.78 Å². The van der Waals surface area contributed by atoms with Crippen molar-refractivity contribution >= 4 is 17.5 Å². The molecule has 4 nitrogen and oxygen atoms in total. The second-order valence-corrected chi connectivity index (χ2v) is 6.65. The molecule has 1 saturated heterocycles. The molecule has 0 spiro atoms. The number of alkyl halides is 2. The number of carbonyl (C=O) groups excluding carboxylic acids is 1. The summed E-state index contributed by atoms with van der Waals surface area (Å²) in [6, 6.07) is 9.88. The number of nitrogens with zero attached hydrogens (tertiary/aromatic N) is 2. The highest BCUT2D eigenvalue weighted by Gasteiger charge is 2.41. The third kappa shape index (κ3) is 4.68. The van der Waals surface area contributed by atoms with Crippen LogP contribution in [0.2, 0.25) is 5.02 Å². The highest BCUT2D eigenvalue weighted by Crippen LogP contribution is 2.32. The number of allylic oxidation sites excluding steroid dienone is 1. The van der Waals surface area contributed by atoms with Crippen molar-refractivity contribution in [2.24, 2.45) is 0 Å². The number of pyridine rings is 1. The summed E-state index contributed by atoms with van der Waals surface area (Å²) in [5.41, 5.74) is 0.623. The number of ether oxygens (including phenoxy) is 1. The number of hydrogen-bond acceptors (Lipinski definition) is 3. The van der Waals surface area contributed by atoms with Gasteiger partial charge >= 0.3 is 0 Å². The van der Waals surface area contributed by atoms with E-state index in [0.29, 0.717) is 16.3 Å². The number of rotatable bonds is 2. The maximum atomic E-state index is 14.5. The number of likely N-dealkylation sites (tertiary alicyclic amines) is 1. The number of piperidine rings is 1. The summed E-state index contributed by atoms with van der Waals surface area (Å²) in [5.74, 6) is 2.19. The molecular formula is C21H17ClF2N2O2. The molecule has 7 heteroatoms. The number of carbonyl (C=O) groups is 1. The molecule has 0 atom stereocenters. The van der Waals surface area contributed by atoms with Crippen LogP contribution in [0, 0.1) is 11.8 Å². The average Bonchev–Trinajstić information content (AvgIpc) is 2.68. The van der Waals surface area contributed by atoms with Gasteiger partial charge in [-0.05, 0) is 36.8 Å². The lowest BCUT2D eigenvalue weighted by Crippen LogP contribution is -2.47. The molecule has 1 aliphatic rings. The predicted octanol–water partition coefficient (Wildman–Crippen LogP) is 4.20. The Hall–Kier alpha value is -2.91. The van der Waals surface area contributed by atoms with Crippen LogP contribution >= 0.6 is 11.6 Å². The number of aromatic nitrogens is 1. The molecule has 1 aromatic carbocycles. The summed E-state index contributed by atoms with van der Waals surface area (Å²) < 4.78 is 34.1. The molecule has 0 saturated carbocycles. The van der Waals surface area contributed by atoms with Crippen LogP contribution < -0.4 is 4.74 Å². The Balaban J connectivity index is 1.72.